The number of Topliss-reactive ketones (excluding diaryl/α,β-unsaturated/α-hetero) is 1. The van der Waals surface area contributed by atoms with Gasteiger partial charge >= 0.3 is 0 Å². The number of phenols is 1. The summed E-state index contributed by atoms with van der Waals surface area (Å²) in [6.45, 7) is 4.63. The zero-order chi connectivity index (χ0) is 15.6. The summed E-state index contributed by atoms with van der Waals surface area (Å²) in [6.07, 6.45) is 0. The van der Waals surface area contributed by atoms with Crippen molar-refractivity contribution in [1.29, 1.82) is 0 Å². The summed E-state index contributed by atoms with van der Waals surface area (Å²) in [5.74, 6) is -0.183. The maximum Gasteiger partial charge on any atom is 0.163 e. The van der Waals surface area contributed by atoms with E-state index in [1.165, 1.54) is 17.9 Å². The fourth-order valence-corrected chi connectivity index (χ4v) is 3.21. The normalized spacial score (nSPS) is 11.1. The van der Waals surface area contributed by atoms with Crippen molar-refractivity contribution in [2.75, 3.05) is 7.05 Å². The summed E-state index contributed by atoms with van der Waals surface area (Å²) in [5.41, 5.74) is 3.76. The second-order valence-electron chi connectivity index (χ2n) is 5.05. The molecule has 0 fully saturated rings. The van der Waals surface area contributed by atoms with Gasteiger partial charge in [0.25, 0.3) is 0 Å². The van der Waals surface area contributed by atoms with E-state index in [9.17, 15) is 9.90 Å². The number of aromatic nitrogens is 1. The second-order valence-corrected chi connectivity index (χ2v) is 6.43. The van der Waals surface area contributed by atoms with Crippen LogP contribution in [0.1, 0.15) is 33.4 Å². The van der Waals surface area contributed by atoms with Gasteiger partial charge in [-0.05, 0) is 33.0 Å². The summed E-state index contributed by atoms with van der Waals surface area (Å²) < 4.78 is 0. The Balaban J connectivity index is 2.19. The fraction of sp³-hybridized carbons (Fsp3) is 0.333. The van der Waals surface area contributed by atoms with Gasteiger partial charge in [0.2, 0.25) is 0 Å². The standard InChI is InChI=1S/C15H17ClN2O2S/c1-9-14(21-8-17-9)7-18(3)6-11-4-12(16)5-13(10(2)19)15(11)20/h4-5,8,20H,6-7H2,1-3H3. The quantitative estimate of drug-likeness (QED) is 0.853. The van der Waals surface area contributed by atoms with E-state index in [-0.39, 0.29) is 17.1 Å². The number of benzene rings is 1. The van der Waals surface area contributed by atoms with Gasteiger partial charge in [0.15, 0.2) is 5.78 Å². The molecule has 0 saturated carbocycles. The van der Waals surface area contributed by atoms with Crippen LogP contribution < -0.4 is 0 Å². The van der Waals surface area contributed by atoms with Crippen molar-refractivity contribution in [1.82, 2.24) is 9.88 Å². The Morgan fingerprint density at radius 3 is 2.71 bits per heavy atom. The molecule has 1 aromatic carbocycles. The molecule has 0 atom stereocenters. The maximum atomic E-state index is 11.5. The number of aryl methyl sites for hydroxylation is 1. The van der Waals surface area contributed by atoms with Crippen molar-refractivity contribution in [3.8, 4) is 5.75 Å². The van der Waals surface area contributed by atoms with Crippen LogP contribution in [-0.4, -0.2) is 27.8 Å². The lowest BCUT2D eigenvalue weighted by Crippen LogP contribution is -2.17. The van der Waals surface area contributed by atoms with Gasteiger partial charge in [-0.25, -0.2) is 4.98 Å². The van der Waals surface area contributed by atoms with Crippen molar-refractivity contribution in [3.63, 3.8) is 0 Å². The van der Waals surface area contributed by atoms with E-state index in [1.807, 2.05) is 19.5 Å². The lowest BCUT2D eigenvalue weighted by Gasteiger charge is -2.18. The van der Waals surface area contributed by atoms with E-state index in [2.05, 4.69) is 9.88 Å². The SMILES string of the molecule is CC(=O)c1cc(Cl)cc(CN(C)Cc2scnc2C)c1O. The number of rotatable bonds is 5. The zero-order valence-corrected chi connectivity index (χ0v) is 13.8. The highest BCUT2D eigenvalue weighted by atomic mass is 35.5. The number of halogens is 1. The molecule has 0 saturated heterocycles. The van der Waals surface area contributed by atoms with Crippen LogP contribution >= 0.6 is 22.9 Å². The number of aromatic hydroxyl groups is 1. The maximum absolute atomic E-state index is 11.5. The molecular weight excluding hydrogens is 308 g/mol. The van der Waals surface area contributed by atoms with Crippen molar-refractivity contribution < 1.29 is 9.90 Å². The molecule has 2 rings (SSSR count). The van der Waals surface area contributed by atoms with Gasteiger partial charge in [-0.3, -0.25) is 9.69 Å². The Bertz CT molecular complexity index is 670. The van der Waals surface area contributed by atoms with Gasteiger partial charge in [-0.2, -0.15) is 0 Å². The van der Waals surface area contributed by atoms with Gasteiger partial charge in [-0.1, -0.05) is 11.6 Å². The molecule has 1 aromatic heterocycles. The van der Waals surface area contributed by atoms with Crippen LogP contribution in [0, 0.1) is 6.92 Å². The lowest BCUT2D eigenvalue weighted by atomic mass is 10.1. The van der Waals surface area contributed by atoms with Gasteiger partial charge in [0.05, 0.1) is 16.8 Å². The van der Waals surface area contributed by atoms with Crippen LogP contribution in [0.15, 0.2) is 17.6 Å². The van der Waals surface area contributed by atoms with Crippen LogP contribution in [0.5, 0.6) is 5.75 Å². The predicted octanol–water partition coefficient (Wildman–Crippen LogP) is 3.65. The molecule has 0 spiro atoms. The smallest absolute Gasteiger partial charge is 0.163 e. The lowest BCUT2D eigenvalue weighted by molar-refractivity contribution is 0.101. The number of hydrogen-bond donors (Lipinski definition) is 1. The molecule has 0 radical (unpaired) electrons. The average molecular weight is 325 g/mol. The molecule has 21 heavy (non-hydrogen) atoms. The second kappa shape index (κ2) is 6.56. The Morgan fingerprint density at radius 2 is 2.14 bits per heavy atom. The Hall–Kier alpha value is -1.43. The summed E-state index contributed by atoms with van der Waals surface area (Å²) in [5, 5.41) is 10.7. The largest absolute Gasteiger partial charge is 0.507 e. The van der Waals surface area contributed by atoms with Crippen molar-refractivity contribution in [3.05, 3.63) is 44.4 Å². The van der Waals surface area contributed by atoms with Crippen molar-refractivity contribution >= 4 is 28.7 Å². The minimum atomic E-state index is -0.197. The monoisotopic (exact) mass is 324 g/mol. The first kappa shape index (κ1) is 15.9. The zero-order valence-electron chi connectivity index (χ0n) is 12.2. The van der Waals surface area contributed by atoms with Crippen LogP contribution in [-0.2, 0) is 13.1 Å². The molecule has 0 unspecified atom stereocenters. The fourth-order valence-electron chi connectivity index (χ4n) is 2.11. The molecule has 4 nitrogen and oxygen atoms in total. The number of hydrogen-bond acceptors (Lipinski definition) is 5. The number of phenolic OH excluding ortho intramolecular Hbond substituents is 1. The molecule has 112 valence electrons. The van der Waals surface area contributed by atoms with Gasteiger partial charge in [0.1, 0.15) is 5.75 Å². The van der Waals surface area contributed by atoms with Gasteiger partial charge in [0, 0.05) is 28.6 Å². The third-order valence-corrected chi connectivity index (χ3v) is 4.37. The highest BCUT2D eigenvalue weighted by Crippen LogP contribution is 2.29. The molecule has 0 amide bonds. The summed E-state index contributed by atoms with van der Waals surface area (Å²) in [4.78, 5) is 19.0. The van der Waals surface area contributed by atoms with Crippen molar-refractivity contribution in [2.45, 2.75) is 26.9 Å². The van der Waals surface area contributed by atoms with E-state index in [4.69, 9.17) is 11.6 Å². The molecule has 0 aliphatic rings. The van der Waals surface area contributed by atoms with Crippen LogP contribution in [0.25, 0.3) is 0 Å². The Labute approximate surface area is 133 Å². The van der Waals surface area contributed by atoms with Crippen LogP contribution in [0.4, 0.5) is 0 Å². The van der Waals surface area contributed by atoms with E-state index in [0.29, 0.717) is 17.1 Å². The molecule has 0 aliphatic heterocycles. The molecule has 1 heterocycles. The van der Waals surface area contributed by atoms with E-state index in [0.717, 1.165) is 12.2 Å². The molecule has 0 aliphatic carbocycles. The average Bonchev–Trinajstić information content (AvgIpc) is 2.78. The number of nitrogens with zero attached hydrogens (tertiary/aromatic N) is 2. The van der Waals surface area contributed by atoms with E-state index in [1.54, 1.807) is 17.4 Å². The van der Waals surface area contributed by atoms with E-state index < -0.39 is 0 Å². The third-order valence-electron chi connectivity index (χ3n) is 3.23. The molecule has 0 bridgehead atoms. The highest BCUT2D eigenvalue weighted by molar-refractivity contribution is 7.09. The van der Waals surface area contributed by atoms with Gasteiger partial charge in [-0.15, -0.1) is 11.3 Å². The number of thiazole rings is 1. The van der Waals surface area contributed by atoms with Crippen LogP contribution in [0.2, 0.25) is 5.02 Å². The number of carbonyl (C=O) groups excluding carboxylic acids is 1. The van der Waals surface area contributed by atoms with E-state index >= 15 is 0 Å². The Morgan fingerprint density at radius 1 is 1.43 bits per heavy atom. The Kier molecular flexibility index (Phi) is 4.98. The number of ketones is 1. The molecule has 2 aromatic rings. The van der Waals surface area contributed by atoms with Crippen LogP contribution in [0.3, 0.4) is 0 Å². The first-order chi connectivity index (χ1) is 9.88. The summed E-state index contributed by atoms with van der Waals surface area (Å²) >= 11 is 7.64. The molecule has 6 heteroatoms. The first-order valence-electron chi connectivity index (χ1n) is 6.48. The van der Waals surface area contributed by atoms with Gasteiger partial charge < -0.3 is 5.11 Å². The minimum Gasteiger partial charge on any atom is -0.507 e. The predicted molar refractivity (Wildman–Crippen MR) is 85.1 cm³/mol. The minimum absolute atomic E-state index is 0.0137. The summed E-state index contributed by atoms with van der Waals surface area (Å²) in [7, 11) is 1.95. The number of carbonyl (C=O) groups is 1. The molecule has 1 N–H and O–H groups in total. The van der Waals surface area contributed by atoms with Crippen molar-refractivity contribution in [2.24, 2.45) is 0 Å². The topological polar surface area (TPSA) is 53.4 Å². The highest BCUT2D eigenvalue weighted by Gasteiger charge is 2.15. The first-order valence-corrected chi connectivity index (χ1v) is 7.74. The third kappa shape index (κ3) is 3.81. The molecular formula is C15H17ClN2O2S. The summed E-state index contributed by atoms with van der Waals surface area (Å²) in [6, 6.07) is 3.19.